The lowest BCUT2D eigenvalue weighted by Crippen LogP contribution is -2.43. The predicted molar refractivity (Wildman–Crippen MR) is 99.3 cm³/mol. The van der Waals surface area contributed by atoms with Gasteiger partial charge < -0.3 is 9.47 Å². The molecule has 1 aliphatic rings. The van der Waals surface area contributed by atoms with E-state index in [1.54, 1.807) is 13.0 Å². The fourth-order valence-electron chi connectivity index (χ4n) is 3.07. The Bertz CT molecular complexity index is 800. The number of sulfonamides is 1. The van der Waals surface area contributed by atoms with Gasteiger partial charge in [-0.15, -0.1) is 0 Å². The van der Waals surface area contributed by atoms with Crippen LogP contribution in [0.25, 0.3) is 0 Å². The molecule has 0 bridgehead atoms. The first-order valence-electron chi connectivity index (χ1n) is 8.91. The summed E-state index contributed by atoms with van der Waals surface area (Å²) in [5.41, 5.74) is 0. The lowest BCUT2D eigenvalue weighted by Gasteiger charge is -2.32. The van der Waals surface area contributed by atoms with Gasteiger partial charge in [0.15, 0.2) is 0 Å². The molecule has 0 saturated carbocycles. The Hall–Kier alpha value is -2.35. The van der Waals surface area contributed by atoms with Crippen LogP contribution >= 0.6 is 0 Å². The van der Waals surface area contributed by atoms with Crippen molar-refractivity contribution in [3.63, 3.8) is 0 Å². The average Bonchev–Trinajstić information content (AvgIpc) is 2.65. The van der Waals surface area contributed by atoms with Crippen molar-refractivity contribution in [2.45, 2.75) is 38.0 Å². The van der Waals surface area contributed by atoms with Crippen LogP contribution in [0.3, 0.4) is 0 Å². The van der Waals surface area contributed by atoms with Crippen LogP contribution in [0.4, 0.5) is 0 Å². The third kappa shape index (κ3) is 4.68. The molecule has 2 atom stereocenters. The number of nitrogens with zero attached hydrogens (tertiary/aromatic N) is 1. The molecule has 1 aliphatic heterocycles. The number of ether oxygens (including phenoxy) is 2. The van der Waals surface area contributed by atoms with E-state index in [2.05, 4.69) is 0 Å². The molecule has 2 unspecified atom stereocenters. The minimum Gasteiger partial charge on any atom is -0.497 e. The van der Waals surface area contributed by atoms with Crippen LogP contribution in [0.1, 0.15) is 33.1 Å². The van der Waals surface area contributed by atoms with Crippen molar-refractivity contribution in [2.24, 2.45) is 11.8 Å². The standard InChI is InChI=1S/C19H25NO6S/c1-4-6-14-11-12-20(19(22)17(14)13-18(21)26-5-2)27(23,24)16-9-7-15(25-3)8-10-16/h7-12,14,17H,4-6,13H2,1-3H3. The highest BCUT2D eigenvalue weighted by Gasteiger charge is 2.40. The molecule has 0 aliphatic carbocycles. The van der Waals surface area contributed by atoms with Gasteiger partial charge in [0.1, 0.15) is 5.75 Å². The zero-order valence-corrected chi connectivity index (χ0v) is 16.6. The van der Waals surface area contributed by atoms with Crippen LogP contribution in [0.2, 0.25) is 0 Å². The van der Waals surface area contributed by atoms with Crippen molar-refractivity contribution in [1.29, 1.82) is 0 Å². The van der Waals surface area contributed by atoms with E-state index >= 15 is 0 Å². The first-order chi connectivity index (χ1) is 12.8. The van der Waals surface area contributed by atoms with Gasteiger partial charge in [0.05, 0.1) is 31.0 Å². The molecule has 8 heteroatoms. The molecule has 2 rings (SSSR count). The van der Waals surface area contributed by atoms with Crippen LogP contribution in [-0.2, 0) is 24.3 Å². The second-order valence-electron chi connectivity index (χ2n) is 6.22. The number of benzene rings is 1. The molecule has 0 spiro atoms. The second-order valence-corrected chi connectivity index (χ2v) is 8.04. The molecule has 0 saturated heterocycles. The van der Waals surface area contributed by atoms with E-state index in [1.807, 2.05) is 6.92 Å². The van der Waals surface area contributed by atoms with Gasteiger partial charge in [-0.2, -0.15) is 0 Å². The maximum absolute atomic E-state index is 13.0. The number of methoxy groups -OCH3 is 1. The topological polar surface area (TPSA) is 90.0 Å². The van der Waals surface area contributed by atoms with Gasteiger partial charge in [-0.3, -0.25) is 9.59 Å². The summed E-state index contributed by atoms with van der Waals surface area (Å²) in [4.78, 5) is 24.9. The zero-order chi connectivity index (χ0) is 20.0. The normalized spacial score (nSPS) is 19.8. The average molecular weight is 395 g/mol. The van der Waals surface area contributed by atoms with Gasteiger partial charge in [-0.1, -0.05) is 19.4 Å². The monoisotopic (exact) mass is 395 g/mol. The summed E-state index contributed by atoms with van der Waals surface area (Å²) in [6, 6.07) is 5.80. The molecular weight excluding hydrogens is 370 g/mol. The Kier molecular flexibility index (Phi) is 7.01. The fourth-order valence-corrected chi connectivity index (χ4v) is 4.38. The van der Waals surface area contributed by atoms with Crippen LogP contribution in [0.15, 0.2) is 41.4 Å². The number of carbonyl (C=O) groups excluding carboxylic acids is 2. The molecule has 1 aromatic rings. The molecule has 0 fully saturated rings. The summed E-state index contributed by atoms with van der Waals surface area (Å²) >= 11 is 0. The molecular formula is C19H25NO6S. The number of carbonyl (C=O) groups is 2. The molecule has 7 nitrogen and oxygen atoms in total. The van der Waals surface area contributed by atoms with Gasteiger partial charge in [0.25, 0.3) is 10.0 Å². The minimum absolute atomic E-state index is 0.0230. The van der Waals surface area contributed by atoms with E-state index in [0.717, 1.165) is 10.7 Å². The minimum atomic E-state index is -4.07. The van der Waals surface area contributed by atoms with Crippen molar-refractivity contribution >= 4 is 21.9 Å². The molecule has 1 aromatic carbocycles. The van der Waals surface area contributed by atoms with Crippen LogP contribution in [0.5, 0.6) is 5.75 Å². The van der Waals surface area contributed by atoms with E-state index in [9.17, 15) is 18.0 Å². The summed E-state index contributed by atoms with van der Waals surface area (Å²) < 4.78 is 36.5. The van der Waals surface area contributed by atoms with Crippen molar-refractivity contribution in [2.75, 3.05) is 13.7 Å². The highest BCUT2D eigenvalue weighted by molar-refractivity contribution is 7.89. The Morgan fingerprint density at radius 1 is 1.19 bits per heavy atom. The molecule has 0 radical (unpaired) electrons. The maximum atomic E-state index is 13.0. The Morgan fingerprint density at radius 2 is 1.85 bits per heavy atom. The van der Waals surface area contributed by atoms with Crippen molar-refractivity contribution in [1.82, 2.24) is 4.31 Å². The Morgan fingerprint density at radius 3 is 2.41 bits per heavy atom. The van der Waals surface area contributed by atoms with Crippen molar-refractivity contribution in [3.8, 4) is 5.75 Å². The van der Waals surface area contributed by atoms with Gasteiger partial charge in [0, 0.05) is 6.20 Å². The maximum Gasteiger partial charge on any atom is 0.306 e. The molecule has 1 amide bonds. The lowest BCUT2D eigenvalue weighted by molar-refractivity contribution is -0.148. The number of rotatable bonds is 8. The number of hydrogen-bond donors (Lipinski definition) is 0. The number of esters is 1. The largest absolute Gasteiger partial charge is 0.497 e. The summed E-state index contributed by atoms with van der Waals surface area (Å²) in [7, 11) is -2.59. The molecule has 0 aromatic heterocycles. The number of hydrogen-bond acceptors (Lipinski definition) is 6. The Labute approximate surface area is 160 Å². The molecule has 1 heterocycles. The molecule has 0 N–H and O–H groups in total. The summed E-state index contributed by atoms with van der Waals surface area (Å²) in [6.45, 7) is 3.87. The summed E-state index contributed by atoms with van der Waals surface area (Å²) in [5, 5.41) is 0. The van der Waals surface area contributed by atoms with Crippen LogP contribution < -0.4 is 4.74 Å². The third-order valence-corrected chi connectivity index (χ3v) is 6.14. The van der Waals surface area contributed by atoms with Gasteiger partial charge in [-0.25, -0.2) is 12.7 Å². The van der Waals surface area contributed by atoms with Crippen molar-refractivity contribution in [3.05, 3.63) is 36.5 Å². The lowest BCUT2D eigenvalue weighted by atomic mass is 9.84. The van der Waals surface area contributed by atoms with E-state index < -0.39 is 27.8 Å². The zero-order valence-electron chi connectivity index (χ0n) is 15.8. The number of amides is 1. The Balaban J connectivity index is 2.33. The van der Waals surface area contributed by atoms with Gasteiger partial charge in [0.2, 0.25) is 5.91 Å². The summed E-state index contributed by atoms with van der Waals surface area (Å²) in [5.74, 6) is -1.57. The summed E-state index contributed by atoms with van der Waals surface area (Å²) in [6.07, 6.45) is 4.34. The van der Waals surface area contributed by atoms with Gasteiger partial charge >= 0.3 is 5.97 Å². The van der Waals surface area contributed by atoms with E-state index in [0.29, 0.717) is 12.2 Å². The second kappa shape index (κ2) is 9.03. The van der Waals surface area contributed by atoms with E-state index in [4.69, 9.17) is 9.47 Å². The SMILES string of the molecule is CCCC1C=CN(S(=O)(=O)c2ccc(OC)cc2)C(=O)C1CC(=O)OCC. The first kappa shape index (κ1) is 21.0. The van der Waals surface area contributed by atoms with Gasteiger partial charge in [-0.05, 0) is 43.5 Å². The van der Waals surface area contributed by atoms with Crippen LogP contribution in [-0.4, -0.2) is 38.3 Å². The smallest absolute Gasteiger partial charge is 0.306 e. The van der Waals surface area contributed by atoms with Crippen molar-refractivity contribution < 1.29 is 27.5 Å². The molecule has 27 heavy (non-hydrogen) atoms. The first-order valence-corrected chi connectivity index (χ1v) is 10.3. The highest BCUT2D eigenvalue weighted by Crippen LogP contribution is 2.32. The highest BCUT2D eigenvalue weighted by atomic mass is 32.2. The van der Waals surface area contributed by atoms with E-state index in [1.165, 1.54) is 37.6 Å². The quantitative estimate of drug-likeness (QED) is 0.629. The third-order valence-electron chi connectivity index (χ3n) is 4.45. The molecule has 148 valence electrons. The van der Waals surface area contributed by atoms with Crippen LogP contribution in [0, 0.1) is 11.8 Å². The number of allylic oxidation sites excluding steroid dienone is 1. The predicted octanol–water partition coefficient (Wildman–Crippen LogP) is 2.73. The van der Waals surface area contributed by atoms with E-state index in [-0.39, 0.29) is 23.8 Å². The fraction of sp³-hybridized carbons (Fsp3) is 0.474.